The van der Waals surface area contributed by atoms with E-state index in [4.69, 9.17) is 25.9 Å². The van der Waals surface area contributed by atoms with Gasteiger partial charge in [-0.3, -0.25) is 9.11 Å². The molecule has 8 N–H and O–H groups in total. The van der Waals surface area contributed by atoms with Crippen molar-refractivity contribution in [3.8, 4) is 0 Å². The fraction of sp³-hybridized carbons (Fsp3) is 0. The molecular formula is H8F2N2O6S2. The first-order valence-corrected chi connectivity index (χ1v) is 4.02. The third-order valence-electron chi connectivity index (χ3n) is 0. The van der Waals surface area contributed by atoms with Gasteiger partial charge in [0, 0.05) is 0 Å². The summed E-state index contributed by atoms with van der Waals surface area (Å²) in [6.07, 6.45) is 0. The lowest BCUT2D eigenvalue weighted by atomic mass is 14.0. The molecule has 0 heterocycles. The first kappa shape index (κ1) is 22.6. The van der Waals surface area contributed by atoms with Crippen LogP contribution in [0.2, 0.25) is 0 Å². The maximum Gasteiger partial charge on any atom is 0.435 e. The lowest BCUT2D eigenvalue weighted by Gasteiger charge is -1.63. The van der Waals surface area contributed by atoms with E-state index >= 15 is 0 Å². The molecular weight excluding hydrogens is 226 g/mol. The van der Waals surface area contributed by atoms with E-state index in [1.165, 1.54) is 0 Å². The molecule has 0 aliphatic rings. The molecule has 0 atom stereocenters. The van der Waals surface area contributed by atoms with Crippen LogP contribution >= 0.6 is 0 Å². The topological polar surface area (TPSA) is 179 Å². The average Bonchev–Trinajstić information content (AvgIpc) is 1.12. The Balaban J connectivity index is -0.0000000457. The molecule has 0 bridgehead atoms. The summed E-state index contributed by atoms with van der Waals surface area (Å²) in [6.45, 7) is 0. The number of halogens is 2. The quantitative estimate of drug-likeness (QED) is 0.329. The third kappa shape index (κ3) is 4440. The SMILES string of the molecule is N.N.O=S(=O)(O)F.O=S(=O)(O)F. The van der Waals surface area contributed by atoms with E-state index in [9.17, 15) is 7.77 Å². The molecule has 0 amide bonds. The van der Waals surface area contributed by atoms with E-state index in [2.05, 4.69) is 0 Å². The van der Waals surface area contributed by atoms with Crippen LogP contribution in [0.5, 0.6) is 0 Å². The third-order valence-corrected chi connectivity index (χ3v) is 0. The van der Waals surface area contributed by atoms with Crippen LogP contribution in [0.15, 0.2) is 0 Å². The minimum Gasteiger partial charge on any atom is -0.344 e. The van der Waals surface area contributed by atoms with Crippen molar-refractivity contribution in [2.45, 2.75) is 0 Å². The Bertz CT molecular complexity index is 218. The molecule has 80 valence electrons. The zero-order valence-corrected chi connectivity index (χ0v) is 7.15. The second-order valence-electron chi connectivity index (χ2n) is 0.824. The molecule has 0 aliphatic heterocycles. The summed E-state index contributed by atoms with van der Waals surface area (Å²) in [4.78, 5) is 0. The molecule has 0 saturated heterocycles. The van der Waals surface area contributed by atoms with Crippen molar-refractivity contribution < 1.29 is 33.7 Å². The van der Waals surface area contributed by atoms with Crippen LogP contribution in [0.1, 0.15) is 0 Å². The van der Waals surface area contributed by atoms with E-state index < -0.39 is 21.0 Å². The monoisotopic (exact) mass is 234 g/mol. The van der Waals surface area contributed by atoms with Crippen molar-refractivity contribution in [2.75, 3.05) is 0 Å². The Hall–Kier alpha value is -0.400. The van der Waals surface area contributed by atoms with E-state index in [1.807, 2.05) is 0 Å². The van der Waals surface area contributed by atoms with Gasteiger partial charge in [0.1, 0.15) is 0 Å². The molecule has 0 radical (unpaired) electrons. The molecule has 12 heavy (non-hydrogen) atoms. The van der Waals surface area contributed by atoms with Crippen LogP contribution in [0, 0.1) is 0 Å². The Morgan fingerprint density at radius 3 is 0.750 bits per heavy atom. The van der Waals surface area contributed by atoms with Crippen LogP contribution in [-0.4, -0.2) is 25.9 Å². The number of hydrogen-bond donors (Lipinski definition) is 4. The first-order chi connectivity index (χ1) is 4.00. The van der Waals surface area contributed by atoms with Gasteiger partial charge >= 0.3 is 21.0 Å². The van der Waals surface area contributed by atoms with E-state index in [0.717, 1.165) is 0 Å². The highest BCUT2D eigenvalue weighted by Crippen LogP contribution is 1.74. The van der Waals surface area contributed by atoms with Gasteiger partial charge in [0.2, 0.25) is 0 Å². The highest BCUT2D eigenvalue weighted by Gasteiger charge is 1.90. The molecule has 12 heteroatoms. The van der Waals surface area contributed by atoms with Crippen molar-refractivity contribution >= 4 is 21.0 Å². The molecule has 8 nitrogen and oxygen atoms in total. The van der Waals surface area contributed by atoms with E-state index in [0.29, 0.717) is 0 Å². The largest absolute Gasteiger partial charge is 0.435 e. The van der Waals surface area contributed by atoms with Gasteiger partial charge < -0.3 is 12.3 Å². The fourth-order valence-electron chi connectivity index (χ4n) is 0. The normalized spacial score (nSPS) is 9.67. The van der Waals surface area contributed by atoms with Crippen LogP contribution in [0.4, 0.5) is 7.77 Å². The van der Waals surface area contributed by atoms with Crippen LogP contribution < -0.4 is 12.3 Å². The van der Waals surface area contributed by atoms with Crippen LogP contribution in [-0.2, 0) is 21.0 Å². The van der Waals surface area contributed by atoms with E-state index in [1.54, 1.807) is 0 Å². The highest BCUT2D eigenvalue weighted by molar-refractivity contribution is 7.80. The predicted octanol–water partition coefficient (Wildman–Crippen LogP) is -0.159. The average molecular weight is 234 g/mol. The van der Waals surface area contributed by atoms with Gasteiger partial charge in [-0.1, -0.05) is 7.77 Å². The van der Waals surface area contributed by atoms with Crippen molar-refractivity contribution in [3.63, 3.8) is 0 Å². The van der Waals surface area contributed by atoms with Crippen molar-refractivity contribution in [1.82, 2.24) is 12.3 Å². The van der Waals surface area contributed by atoms with E-state index in [-0.39, 0.29) is 12.3 Å². The van der Waals surface area contributed by atoms with Crippen molar-refractivity contribution in [1.29, 1.82) is 0 Å². The molecule has 0 aromatic rings. The van der Waals surface area contributed by atoms with Crippen molar-refractivity contribution in [2.24, 2.45) is 0 Å². The van der Waals surface area contributed by atoms with Crippen LogP contribution in [0.25, 0.3) is 0 Å². The predicted molar refractivity (Wildman–Crippen MR) is 35.4 cm³/mol. The molecule has 0 aromatic carbocycles. The van der Waals surface area contributed by atoms with Crippen molar-refractivity contribution in [3.05, 3.63) is 0 Å². The lowest BCUT2D eigenvalue weighted by Crippen LogP contribution is -1.80. The second kappa shape index (κ2) is 7.26. The summed E-state index contributed by atoms with van der Waals surface area (Å²) >= 11 is 0. The Morgan fingerprint density at radius 1 is 0.750 bits per heavy atom. The zero-order chi connectivity index (χ0) is 9.00. The highest BCUT2D eigenvalue weighted by atomic mass is 32.3. The zero-order valence-electron chi connectivity index (χ0n) is 5.51. The van der Waals surface area contributed by atoms with Gasteiger partial charge in [-0.05, 0) is 0 Å². The molecule has 0 aromatic heterocycles. The maximum atomic E-state index is 10.2. The summed E-state index contributed by atoms with van der Waals surface area (Å²) in [5, 5.41) is 0. The Labute approximate surface area is 67.8 Å². The maximum absolute atomic E-state index is 10.2. The number of hydrogen-bond acceptors (Lipinski definition) is 6. The standard InChI is InChI=1S/2FHO3S.2H3N/c2*1-5(2,3)4;;/h2*(H,2,3,4);2*1H3. The molecule has 0 saturated carbocycles. The molecule has 0 aliphatic carbocycles. The molecule has 0 spiro atoms. The van der Waals surface area contributed by atoms with Crippen LogP contribution in [0.3, 0.4) is 0 Å². The van der Waals surface area contributed by atoms with Gasteiger partial charge in [0.05, 0.1) is 0 Å². The van der Waals surface area contributed by atoms with Gasteiger partial charge in [-0.2, -0.15) is 16.8 Å². The summed E-state index contributed by atoms with van der Waals surface area (Å²) in [5.74, 6) is 0. The second-order valence-corrected chi connectivity index (χ2v) is 2.47. The van der Waals surface area contributed by atoms with Gasteiger partial charge in [-0.15, -0.1) is 0 Å². The Kier molecular flexibility index (Phi) is 13.7. The lowest BCUT2D eigenvalue weighted by molar-refractivity contribution is 0.432. The smallest absolute Gasteiger partial charge is 0.344 e. The molecule has 0 rings (SSSR count). The summed E-state index contributed by atoms with van der Waals surface area (Å²) < 4.78 is 68.2. The molecule has 0 unspecified atom stereocenters. The van der Waals surface area contributed by atoms with Gasteiger partial charge in [0.15, 0.2) is 0 Å². The summed E-state index contributed by atoms with van der Waals surface area (Å²) in [5.41, 5.74) is 0. The first-order valence-electron chi connectivity index (χ1n) is 1.34. The summed E-state index contributed by atoms with van der Waals surface area (Å²) in [6, 6.07) is 0. The van der Waals surface area contributed by atoms with Gasteiger partial charge in [0.25, 0.3) is 0 Å². The number of rotatable bonds is 0. The van der Waals surface area contributed by atoms with Gasteiger partial charge in [-0.25, -0.2) is 0 Å². The fourth-order valence-corrected chi connectivity index (χ4v) is 0. The minimum absolute atomic E-state index is 0. The minimum atomic E-state index is -5.17. The summed E-state index contributed by atoms with van der Waals surface area (Å²) in [7, 11) is -10.3. The Morgan fingerprint density at radius 2 is 0.750 bits per heavy atom. The molecule has 0 fully saturated rings.